The Morgan fingerprint density at radius 1 is 1.21 bits per heavy atom. The van der Waals surface area contributed by atoms with Gasteiger partial charge in [-0.1, -0.05) is 25.5 Å². The zero-order valence-electron chi connectivity index (χ0n) is 19.2. The molecule has 3 saturated carbocycles. The van der Waals surface area contributed by atoms with Gasteiger partial charge in [-0.05, 0) is 63.5 Å². The lowest BCUT2D eigenvalue weighted by molar-refractivity contribution is -0.225. The molecule has 0 unspecified atom stereocenters. The van der Waals surface area contributed by atoms with E-state index in [0.29, 0.717) is 31.3 Å². The van der Waals surface area contributed by atoms with Crippen LogP contribution in [0.1, 0.15) is 65.7 Å². The number of ketones is 2. The molecule has 3 fully saturated rings. The first-order chi connectivity index (χ1) is 15.4. The van der Waals surface area contributed by atoms with Gasteiger partial charge in [0.15, 0.2) is 17.1 Å². The van der Waals surface area contributed by atoms with Crippen molar-refractivity contribution in [1.29, 1.82) is 0 Å². The fourth-order valence-corrected chi connectivity index (χ4v) is 7.41. The smallest absolute Gasteiger partial charge is 0.376 e. The van der Waals surface area contributed by atoms with Gasteiger partial charge in [-0.3, -0.25) is 14.4 Å². The summed E-state index contributed by atoms with van der Waals surface area (Å²) >= 11 is 0. The lowest BCUT2D eigenvalue weighted by Crippen LogP contribution is -2.69. The van der Waals surface area contributed by atoms with E-state index < -0.39 is 57.8 Å². The number of aliphatic carboxylic acids is 1. The van der Waals surface area contributed by atoms with Crippen molar-refractivity contribution in [3.05, 3.63) is 23.8 Å². The fourth-order valence-electron chi connectivity index (χ4n) is 7.41. The number of carbonyl (C=O) groups is 4. The molecular formula is C25H31FO7. The Bertz CT molecular complexity index is 985. The second kappa shape index (κ2) is 7.58. The molecule has 0 aromatic carbocycles. The summed E-state index contributed by atoms with van der Waals surface area (Å²) in [5, 5.41) is 20.9. The van der Waals surface area contributed by atoms with Crippen LogP contribution in [0.2, 0.25) is 0 Å². The molecule has 4 aliphatic rings. The third-order valence-corrected chi connectivity index (χ3v) is 9.06. The second-order valence-corrected chi connectivity index (χ2v) is 10.5. The number of esters is 1. The van der Waals surface area contributed by atoms with Crippen LogP contribution in [0, 0.1) is 22.7 Å². The molecule has 180 valence electrons. The Morgan fingerprint density at radius 3 is 2.55 bits per heavy atom. The topological polar surface area (TPSA) is 118 Å². The molecule has 0 amide bonds. The summed E-state index contributed by atoms with van der Waals surface area (Å²) < 4.78 is 22.8. The fraction of sp³-hybridized carbons (Fsp3) is 0.680. The number of carboxylic acids is 1. The van der Waals surface area contributed by atoms with Crippen molar-refractivity contribution >= 4 is 23.5 Å². The minimum Gasteiger partial charge on any atom is -0.475 e. The average molecular weight is 463 g/mol. The van der Waals surface area contributed by atoms with Crippen LogP contribution in [0.15, 0.2) is 23.8 Å². The van der Waals surface area contributed by atoms with Crippen molar-refractivity contribution < 1.29 is 38.5 Å². The van der Waals surface area contributed by atoms with Crippen molar-refractivity contribution in [1.82, 2.24) is 0 Å². The van der Waals surface area contributed by atoms with Gasteiger partial charge in [-0.2, -0.15) is 0 Å². The van der Waals surface area contributed by atoms with Crippen LogP contribution >= 0.6 is 0 Å². The van der Waals surface area contributed by atoms with E-state index in [-0.39, 0.29) is 25.0 Å². The van der Waals surface area contributed by atoms with Crippen molar-refractivity contribution in [3.8, 4) is 0 Å². The van der Waals surface area contributed by atoms with E-state index in [0.717, 1.165) is 0 Å². The molecule has 0 bridgehead atoms. The Kier molecular flexibility index (Phi) is 5.47. The summed E-state index contributed by atoms with van der Waals surface area (Å²) in [6.45, 7) is 5.11. The minimum atomic E-state index is -2.10. The van der Waals surface area contributed by atoms with Crippen molar-refractivity contribution in [2.75, 3.05) is 0 Å². The molecule has 0 saturated heterocycles. The molecule has 4 rings (SSSR count). The maximum absolute atomic E-state index is 17.1. The Balaban J connectivity index is 1.81. The van der Waals surface area contributed by atoms with Gasteiger partial charge in [0.05, 0.1) is 6.10 Å². The predicted molar refractivity (Wildman–Crippen MR) is 115 cm³/mol. The van der Waals surface area contributed by atoms with Gasteiger partial charge >= 0.3 is 11.9 Å². The Morgan fingerprint density at radius 2 is 1.91 bits per heavy atom. The monoisotopic (exact) mass is 462 g/mol. The summed E-state index contributed by atoms with van der Waals surface area (Å²) in [4.78, 5) is 49.3. The Labute approximate surface area is 192 Å². The first-order valence-electron chi connectivity index (χ1n) is 11.7. The number of carboxylic acid groups (broad SMARTS) is 1. The van der Waals surface area contributed by atoms with Gasteiger partial charge in [0.2, 0.25) is 0 Å². The number of fused-ring (bicyclic) bond motifs is 5. The molecule has 0 radical (unpaired) electrons. The van der Waals surface area contributed by atoms with Gasteiger partial charge in [0.1, 0.15) is 0 Å². The van der Waals surface area contributed by atoms with E-state index in [1.807, 2.05) is 0 Å². The van der Waals surface area contributed by atoms with Crippen LogP contribution in [0.25, 0.3) is 0 Å². The third-order valence-electron chi connectivity index (χ3n) is 9.06. The van der Waals surface area contributed by atoms with E-state index in [4.69, 9.17) is 4.74 Å². The largest absolute Gasteiger partial charge is 0.475 e. The lowest BCUT2D eigenvalue weighted by Gasteiger charge is -2.62. The predicted octanol–water partition coefficient (Wildman–Crippen LogP) is 3.09. The number of hydrogen-bond acceptors (Lipinski definition) is 6. The molecule has 0 heterocycles. The minimum absolute atomic E-state index is 0.0260. The van der Waals surface area contributed by atoms with E-state index in [1.54, 1.807) is 20.8 Å². The van der Waals surface area contributed by atoms with Crippen LogP contribution in [0.3, 0.4) is 0 Å². The normalized spacial score (nSPS) is 43.7. The van der Waals surface area contributed by atoms with E-state index in [2.05, 4.69) is 0 Å². The highest BCUT2D eigenvalue weighted by atomic mass is 19.1. The van der Waals surface area contributed by atoms with Crippen molar-refractivity contribution in [3.63, 3.8) is 0 Å². The van der Waals surface area contributed by atoms with Crippen molar-refractivity contribution in [2.45, 2.75) is 83.1 Å². The highest BCUT2D eigenvalue weighted by Crippen LogP contribution is 2.70. The van der Waals surface area contributed by atoms with Crippen LogP contribution in [-0.4, -0.2) is 51.1 Å². The summed E-state index contributed by atoms with van der Waals surface area (Å²) in [5.74, 6) is -4.99. The molecule has 8 heteroatoms. The molecule has 2 N–H and O–H groups in total. The second-order valence-electron chi connectivity index (χ2n) is 10.5. The van der Waals surface area contributed by atoms with Gasteiger partial charge < -0.3 is 14.9 Å². The zero-order valence-corrected chi connectivity index (χ0v) is 19.2. The number of rotatable bonds is 5. The molecule has 0 aromatic rings. The average Bonchev–Trinajstić information content (AvgIpc) is 3.02. The number of halogens is 1. The quantitative estimate of drug-likeness (QED) is 0.476. The van der Waals surface area contributed by atoms with Gasteiger partial charge in [0, 0.05) is 23.2 Å². The number of hydrogen-bond donors (Lipinski definition) is 2. The highest BCUT2D eigenvalue weighted by molar-refractivity contribution is 6.36. The summed E-state index contributed by atoms with van der Waals surface area (Å²) in [6.07, 6.45) is 4.10. The first kappa shape index (κ1) is 23.8. The van der Waals surface area contributed by atoms with Gasteiger partial charge in [-0.25, -0.2) is 9.18 Å². The standard InChI is InChI=1S/C25H31FO7/c1-4-5-19(29)33-24(20(30)21(31)32)11-9-16-17-7-6-14-12-15(27)8-10-22(14,2)25(17,26)18(28)13-23(16,24)3/h8,10,12,16-18,28H,4-7,9,11,13H2,1-3H3,(H,31,32)/t16-,17-,18-,22-,23-,24-,25-/m0/s1. The number of Topliss-reactive ketones (excluding diaryl/α,β-unsaturated/α-hetero) is 1. The number of allylic oxidation sites excluding steroid dienone is 4. The third kappa shape index (κ3) is 2.95. The molecule has 7 nitrogen and oxygen atoms in total. The number of alkyl halides is 1. The van der Waals surface area contributed by atoms with E-state index >= 15 is 4.39 Å². The van der Waals surface area contributed by atoms with Gasteiger partial charge in [0.25, 0.3) is 5.78 Å². The van der Waals surface area contributed by atoms with Crippen LogP contribution in [-0.2, 0) is 23.9 Å². The molecule has 4 aliphatic carbocycles. The number of aliphatic hydroxyl groups is 1. The molecular weight excluding hydrogens is 431 g/mol. The first-order valence-corrected chi connectivity index (χ1v) is 11.7. The number of aliphatic hydroxyl groups excluding tert-OH is 1. The maximum atomic E-state index is 17.1. The lowest BCUT2D eigenvalue weighted by atomic mass is 9.44. The number of carbonyl (C=O) groups excluding carboxylic acids is 3. The molecule has 33 heavy (non-hydrogen) atoms. The van der Waals surface area contributed by atoms with Crippen LogP contribution in [0.4, 0.5) is 4.39 Å². The summed E-state index contributed by atoms with van der Waals surface area (Å²) in [7, 11) is 0. The maximum Gasteiger partial charge on any atom is 0.376 e. The number of ether oxygens (including phenoxy) is 1. The van der Waals surface area contributed by atoms with Crippen LogP contribution < -0.4 is 0 Å². The molecule has 0 aromatic heterocycles. The molecule has 7 atom stereocenters. The zero-order chi connectivity index (χ0) is 24.4. The summed E-state index contributed by atoms with van der Waals surface area (Å²) in [5.41, 5.74) is -5.85. The van der Waals surface area contributed by atoms with Crippen molar-refractivity contribution in [2.24, 2.45) is 22.7 Å². The summed E-state index contributed by atoms with van der Waals surface area (Å²) in [6, 6.07) is 0. The SMILES string of the molecule is CCCC(=O)O[C@]1(C(=O)C(=O)O)CC[C@H]2[C@@H]3CCC4=CC(=O)C=C[C@]4(C)[C@@]3(F)[C@@H](O)C[C@@]21C. The Hall–Kier alpha value is -2.35. The van der Waals surface area contributed by atoms with Crippen LogP contribution in [0.5, 0.6) is 0 Å². The molecule has 0 spiro atoms. The van der Waals surface area contributed by atoms with E-state index in [1.165, 1.54) is 18.2 Å². The molecule has 0 aliphatic heterocycles. The highest BCUT2D eigenvalue weighted by Gasteiger charge is 2.76. The van der Waals surface area contributed by atoms with Gasteiger partial charge in [-0.15, -0.1) is 0 Å². The van der Waals surface area contributed by atoms with E-state index in [9.17, 15) is 29.4 Å².